The van der Waals surface area contributed by atoms with Crippen LogP contribution in [0, 0.1) is 0 Å². The number of nitrogens with two attached hydrogens (primary N) is 1. The number of sulfonamides is 1. The van der Waals surface area contributed by atoms with Crippen LogP contribution in [0.2, 0.25) is 0 Å². The molecule has 0 unspecified atom stereocenters. The van der Waals surface area contributed by atoms with Gasteiger partial charge in [-0.1, -0.05) is 0 Å². The number of aryl methyl sites for hydroxylation is 1. The molecule has 1 aromatic carbocycles. The Bertz CT molecular complexity index is 725. The zero-order chi connectivity index (χ0) is 14.9. The van der Waals surface area contributed by atoms with E-state index in [1.165, 1.54) is 42.7 Å². The van der Waals surface area contributed by atoms with Crippen LogP contribution in [0.15, 0.2) is 33.1 Å². The van der Waals surface area contributed by atoms with Gasteiger partial charge in [0.15, 0.2) is 0 Å². The highest BCUT2D eigenvalue weighted by atomic mass is 32.2. The molecule has 2 N–H and O–H groups in total. The van der Waals surface area contributed by atoms with Gasteiger partial charge in [0.05, 0.1) is 4.90 Å². The van der Waals surface area contributed by atoms with E-state index in [4.69, 9.17) is 5.73 Å². The zero-order valence-electron chi connectivity index (χ0n) is 11.2. The summed E-state index contributed by atoms with van der Waals surface area (Å²) in [6.07, 6.45) is 0. The number of hydrogen-bond acceptors (Lipinski definition) is 7. The second kappa shape index (κ2) is 5.38. The van der Waals surface area contributed by atoms with Crippen LogP contribution in [0.1, 0.15) is 0 Å². The van der Waals surface area contributed by atoms with E-state index in [9.17, 15) is 8.42 Å². The van der Waals surface area contributed by atoms with Crippen molar-refractivity contribution in [1.29, 1.82) is 0 Å². The number of nitrogens with zero attached hydrogens (tertiary/aromatic N) is 5. The lowest BCUT2D eigenvalue weighted by molar-refractivity contribution is 0.520. The number of tetrazole rings is 1. The van der Waals surface area contributed by atoms with Crippen LogP contribution in [0.4, 0.5) is 5.69 Å². The molecule has 0 saturated heterocycles. The third kappa shape index (κ3) is 2.76. The molecule has 20 heavy (non-hydrogen) atoms. The van der Waals surface area contributed by atoms with Gasteiger partial charge in [-0.15, -0.1) is 5.10 Å². The normalized spacial score (nSPS) is 12.0. The lowest BCUT2D eigenvalue weighted by Crippen LogP contribution is -2.22. The van der Waals surface area contributed by atoms with Gasteiger partial charge in [0.25, 0.3) is 0 Å². The van der Waals surface area contributed by atoms with Crippen molar-refractivity contribution < 1.29 is 8.42 Å². The lowest BCUT2D eigenvalue weighted by atomic mass is 10.3. The van der Waals surface area contributed by atoms with Crippen LogP contribution in [-0.2, 0) is 17.1 Å². The molecule has 1 heterocycles. The molecule has 0 spiro atoms. The molecule has 0 aliphatic rings. The molecule has 0 fully saturated rings. The van der Waals surface area contributed by atoms with Crippen molar-refractivity contribution in [2.45, 2.75) is 14.9 Å². The van der Waals surface area contributed by atoms with Gasteiger partial charge in [-0.2, -0.15) is 0 Å². The summed E-state index contributed by atoms with van der Waals surface area (Å²) in [5, 5.41) is 11.6. The first-order valence-electron chi connectivity index (χ1n) is 5.54. The molecule has 8 nitrogen and oxygen atoms in total. The molecule has 0 aliphatic carbocycles. The van der Waals surface area contributed by atoms with Crippen molar-refractivity contribution >= 4 is 27.5 Å². The van der Waals surface area contributed by atoms with E-state index < -0.39 is 10.0 Å². The molecule has 108 valence electrons. The Morgan fingerprint density at radius 2 is 2.05 bits per heavy atom. The van der Waals surface area contributed by atoms with E-state index in [0.29, 0.717) is 15.7 Å². The van der Waals surface area contributed by atoms with Crippen molar-refractivity contribution in [2.75, 3.05) is 19.8 Å². The van der Waals surface area contributed by atoms with Gasteiger partial charge in [-0.25, -0.2) is 17.4 Å². The van der Waals surface area contributed by atoms with E-state index in [-0.39, 0.29) is 4.90 Å². The van der Waals surface area contributed by atoms with Crippen LogP contribution < -0.4 is 5.73 Å². The molecule has 0 radical (unpaired) electrons. The summed E-state index contributed by atoms with van der Waals surface area (Å²) in [6.45, 7) is 0. The summed E-state index contributed by atoms with van der Waals surface area (Å²) in [6, 6.07) is 4.59. The minimum absolute atomic E-state index is 0.153. The maximum atomic E-state index is 12.0. The molecule has 10 heteroatoms. The minimum atomic E-state index is -3.49. The van der Waals surface area contributed by atoms with Crippen molar-refractivity contribution in [1.82, 2.24) is 24.5 Å². The van der Waals surface area contributed by atoms with Gasteiger partial charge in [0, 0.05) is 31.7 Å². The standard InChI is InChI=1S/C10H14N6O2S2/c1-15(2)20(17,18)7-4-5-9(8(11)6-7)19-10-12-13-14-16(10)3/h4-6H,11H2,1-3H3. The summed E-state index contributed by atoms with van der Waals surface area (Å²) in [7, 11) is 1.17. The number of nitrogen functional groups attached to an aromatic ring is 1. The molecular formula is C10H14N6O2S2. The van der Waals surface area contributed by atoms with Gasteiger partial charge >= 0.3 is 0 Å². The fourth-order valence-electron chi connectivity index (χ4n) is 1.40. The highest BCUT2D eigenvalue weighted by Crippen LogP contribution is 2.31. The molecule has 0 saturated carbocycles. The Hall–Kier alpha value is -1.65. The van der Waals surface area contributed by atoms with Gasteiger partial charge in [-0.3, -0.25) is 0 Å². The van der Waals surface area contributed by atoms with Crippen LogP contribution in [0.25, 0.3) is 0 Å². The first kappa shape index (κ1) is 14.8. The molecular weight excluding hydrogens is 300 g/mol. The van der Waals surface area contributed by atoms with Crippen molar-refractivity contribution in [2.24, 2.45) is 7.05 Å². The largest absolute Gasteiger partial charge is 0.398 e. The zero-order valence-corrected chi connectivity index (χ0v) is 12.8. The van der Waals surface area contributed by atoms with Gasteiger partial charge in [0.2, 0.25) is 15.2 Å². The van der Waals surface area contributed by atoms with E-state index in [1.807, 2.05) is 0 Å². The second-order valence-electron chi connectivity index (χ2n) is 4.17. The Morgan fingerprint density at radius 3 is 2.55 bits per heavy atom. The molecule has 0 bridgehead atoms. The lowest BCUT2D eigenvalue weighted by Gasteiger charge is -2.12. The average molecular weight is 314 g/mol. The first-order chi connectivity index (χ1) is 9.32. The quantitative estimate of drug-likeness (QED) is 0.803. The van der Waals surface area contributed by atoms with Crippen LogP contribution in [0.5, 0.6) is 0 Å². The third-order valence-corrected chi connectivity index (χ3v) is 5.47. The number of benzene rings is 1. The van der Waals surface area contributed by atoms with Gasteiger partial charge in [-0.05, 0) is 40.4 Å². The maximum absolute atomic E-state index is 12.0. The highest BCUT2D eigenvalue weighted by Gasteiger charge is 2.18. The summed E-state index contributed by atoms with van der Waals surface area (Å²) in [5.41, 5.74) is 6.27. The van der Waals surface area contributed by atoms with Crippen molar-refractivity contribution in [3.63, 3.8) is 0 Å². The van der Waals surface area contributed by atoms with E-state index in [0.717, 1.165) is 4.31 Å². The Balaban J connectivity index is 2.34. The Kier molecular flexibility index (Phi) is 3.97. The predicted octanol–water partition coefficient (Wildman–Crippen LogP) is 0.194. The van der Waals surface area contributed by atoms with Crippen LogP contribution in [0.3, 0.4) is 0 Å². The molecule has 0 aliphatic heterocycles. The number of hydrogen-bond donors (Lipinski definition) is 1. The molecule has 0 atom stereocenters. The van der Waals surface area contributed by atoms with E-state index in [2.05, 4.69) is 15.5 Å². The highest BCUT2D eigenvalue weighted by molar-refractivity contribution is 7.99. The monoisotopic (exact) mass is 314 g/mol. The van der Waals surface area contributed by atoms with Crippen LogP contribution in [-0.4, -0.2) is 47.0 Å². The van der Waals surface area contributed by atoms with Crippen LogP contribution >= 0.6 is 11.8 Å². The fourth-order valence-corrected chi connectivity index (χ4v) is 3.09. The summed E-state index contributed by atoms with van der Waals surface area (Å²) >= 11 is 1.27. The minimum Gasteiger partial charge on any atom is -0.398 e. The third-order valence-electron chi connectivity index (χ3n) is 2.54. The SMILES string of the molecule is CN(C)S(=O)(=O)c1ccc(Sc2nnnn2C)c(N)c1. The van der Waals surface area contributed by atoms with Gasteiger partial charge in [0.1, 0.15) is 0 Å². The maximum Gasteiger partial charge on any atom is 0.242 e. The fraction of sp³-hybridized carbons (Fsp3) is 0.300. The average Bonchev–Trinajstić information content (AvgIpc) is 2.77. The molecule has 0 amide bonds. The van der Waals surface area contributed by atoms with Gasteiger partial charge < -0.3 is 5.73 Å². The summed E-state index contributed by atoms with van der Waals surface area (Å²) < 4.78 is 26.6. The van der Waals surface area contributed by atoms with Crippen molar-refractivity contribution in [3.8, 4) is 0 Å². The topological polar surface area (TPSA) is 107 Å². The van der Waals surface area contributed by atoms with Crippen molar-refractivity contribution in [3.05, 3.63) is 18.2 Å². The smallest absolute Gasteiger partial charge is 0.242 e. The predicted molar refractivity (Wildman–Crippen MR) is 74.6 cm³/mol. The Morgan fingerprint density at radius 1 is 1.35 bits per heavy atom. The Labute approximate surface area is 121 Å². The molecule has 2 aromatic rings. The number of rotatable bonds is 4. The molecule has 1 aromatic heterocycles. The summed E-state index contributed by atoms with van der Waals surface area (Å²) in [4.78, 5) is 0.848. The first-order valence-corrected chi connectivity index (χ1v) is 7.80. The summed E-state index contributed by atoms with van der Waals surface area (Å²) in [5.74, 6) is 0. The van der Waals surface area contributed by atoms with E-state index >= 15 is 0 Å². The second-order valence-corrected chi connectivity index (χ2v) is 7.34. The number of anilines is 1. The van der Waals surface area contributed by atoms with E-state index in [1.54, 1.807) is 13.1 Å². The number of aromatic nitrogens is 4. The molecule has 2 rings (SSSR count).